The Morgan fingerprint density at radius 1 is 1.19 bits per heavy atom. The van der Waals surface area contributed by atoms with E-state index in [0.717, 1.165) is 41.7 Å². The first-order valence-corrected chi connectivity index (χ1v) is 11.3. The van der Waals surface area contributed by atoms with Gasteiger partial charge in [-0.2, -0.15) is 0 Å². The Morgan fingerprint density at radius 2 is 2.00 bits per heavy atom. The van der Waals surface area contributed by atoms with Gasteiger partial charge in [0.25, 0.3) is 5.91 Å². The fraction of sp³-hybridized carbons (Fsp3) is 0.348. The third kappa shape index (κ3) is 5.65. The fourth-order valence-corrected chi connectivity index (χ4v) is 4.45. The van der Waals surface area contributed by atoms with E-state index in [-0.39, 0.29) is 12.0 Å². The summed E-state index contributed by atoms with van der Waals surface area (Å²) in [5.41, 5.74) is 1.73. The van der Waals surface area contributed by atoms with E-state index in [1.807, 2.05) is 18.2 Å². The molecule has 2 heterocycles. The maximum absolute atomic E-state index is 12.6. The molecule has 1 amide bonds. The van der Waals surface area contributed by atoms with E-state index in [4.69, 9.17) is 9.47 Å². The minimum atomic E-state index is -0.162. The molecule has 1 atom stereocenters. The van der Waals surface area contributed by atoms with Gasteiger partial charge in [-0.1, -0.05) is 42.1 Å². The molecular weight excluding hydrogens is 412 g/mol. The van der Waals surface area contributed by atoms with Crippen molar-refractivity contribution < 1.29 is 14.3 Å². The number of thioether (sulfide) groups is 1. The van der Waals surface area contributed by atoms with Crippen LogP contribution in [0.4, 0.5) is 0 Å². The number of hydrogen-bond acceptors (Lipinski definition) is 6. The molecule has 1 fully saturated rings. The fourth-order valence-electron chi connectivity index (χ4n) is 3.43. The number of methoxy groups -OCH3 is 1. The number of nitrogens with one attached hydrogen (secondary N) is 1. The molecule has 7 nitrogen and oxygen atoms in total. The lowest BCUT2D eigenvalue weighted by molar-refractivity contribution is 0.0949. The van der Waals surface area contributed by atoms with Crippen LogP contribution in [0.5, 0.6) is 5.75 Å². The molecule has 0 bridgehead atoms. The summed E-state index contributed by atoms with van der Waals surface area (Å²) in [5.74, 6) is 2.13. The maximum Gasteiger partial charge on any atom is 0.251 e. The summed E-state index contributed by atoms with van der Waals surface area (Å²) < 4.78 is 13.0. The Hall–Kier alpha value is -2.84. The Labute approximate surface area is 186 Å². The Morgan fingerprint density at radius 3 is 2.71 bits per heavy atom. The van der Waals surface area contributed by atoms with Gasteiger partial charge in [-0.3, -0.25) is 4.79 Å². The van der Waals surface area contributed by atoms with Gasteiger partial charge in [0.15, 0.2) is 11.0 Å². The van der Waals surface area contributed by atoms with Gasteiger partial charge in [0.2, 0.25) is 0 Å². The molecule has 1 saturated heterocycles. The SMILES string of the molecule is COc1ccc(C(=O)NCc2nnc(SC[C@H]3CCCO3)n2Cc2ccccc2)cc1. The zero-order valence-corrected chi connectivity index (χ0v) is 18.3. The number of amides is 1. The van der Waals surface area contributed by atoms with Crippen molar-refractivity contribution in [2.24, 2.45) is 0 Å². The zero-order valence-electron chi connectivity index (χ0n) is 17.5. The van der Waals surface area contributed by atoms with E-state index in [0.29, 0.717) is 24.4 Å². The van der Waals surface area contributed by atoms with Gasteiger partial charge in [0.05, 0.1) is 26.3 Å². The molecule has 0 aliphatic carbocycles. The van der Waals surface area contributed by atoms with Crippen molar-refractivity contribution in [2.75, 3.05) is 19.5 Å². The Bertz CT molecular complexity index is 986. The Kier molecular flexibility index (Phi) is 7.22. The van der Waals surface area contributed by atoms with Crippen molar-refractivity contribution >= 4 is 17.7 Å². The first kappa shape index (κ1) is 21.4. The van der Waals surface area contributed by atoms with Gasteiger partial charge in [-0.05, 0) is 42.7 Å². The van der Waals surface area contributed by atoms with E-state index < -0.39 is 0 Å². The van der Waals surface area contributed by atoms with Crippen molar-refractivity contribution in [3.8, 4) is 5.75 Å². The number of carbonyl (C=O) groups excluding carboxylic acids is 1. The monoisotopic (exact) mass is 438 g/mol. The minimum Gasteiger partial charge on any atom is -0.497 e. The van der Waals surface area contributed by atoms with Gasteiger partial charge < -0.3 is 19.4 Å². The highest BCUT2D eigenvalue weighted by molar-refractivity contribution is 7.99. The molecule has 0 saturated carbocycles. The lowest BCUT2D eigenvalue weighted by Gasteiger charge is -2.13. The predicted molar refractivity (Wildman–Crippen MR) is 119 cm³/mol. The lowest BCUT2D eigenvalue weighted by atomic mass is 10.2. The predicted octanol–water partition coefficient (Wildman–Crippen LogP) is 3.54. The van der Waals surface area contributed by atoms with Gasteiger partial charge in [0.1, 0.15) is 5.75 Å². The zero-order chi connectivity index (χ0) is 21.5. The molecule has 0 radical (unpaired) electrons. The van der Waals surface area contributed by atoms with E-state index in [9.17, 15) is 4.79 Å². The van der Waals surface area contributed by atoms with Crippen LogP contribution in [0.1, 0.15) is 34.6 Å². The van der Waals surface area contributed by atoms with Crippen LogP contribution in [-0.2, 0) is 17.8 Å². The van der Waals surface area contributed by atoms with Crippen molar-refractivity contribution in [3.05, 3.63) is 71.5 Å². The molecule has 1 aromatic heterocycles. The summed E-state index contributed by atoms with van der Waals surface area (Å²) in [7, 11) is 1.60. The van der Waals surface area contributed by atoms with Crippen LogP contribution in [0.15, 0.2) is 59.8 Å². The number of carbonyl (C=O) groups is 1. The molecule has 31 heavy (non-hydrogen) atoms. The highest BCUT2D eigenvalue weighted by Gasteiger charge is 2.19. The average Bonchev–Trinajstić information content (AvgIpc) is 3.47. The quantitative estimate of drug-likeness (QED) is 0.515. The van der Waals surface area contributed by atoms with Gasteiger partial charge in [-0.15, -0.1) is 10.2 Å². The normalized spacial score (nSPS) is 15.7. The molecule has 1 N–H and O–H groups in total. The maximum atomic E-state index is 12.6. The second-order valence-corrected chi connectivity index (χ2v) is 8.31. The van der Waals surface area contributed by atoms with Crippen molar-refractivity contribution in [2.45, 2.75) is 37.2 Å². The molecule has 1 aliphatic heterocycles. The summed E-state index contributed by atoms with van der Waals surface area (Å²) >= 11 is 1.66. The van der Waals surface area contributed by atoms with Gasteiger partial charge in [-0.25, -0.2) is 0 Å². The van der Waals surface area contributed by atoms with E-state index in [1.165, 1.54) is 0 Å². The standard InChI is InChI=1S/C23H26N4O3S/c1-29-19-11-9-18(10-12-19)22(28)24-14-21-25-26-23(31-16-20-8-5-13-30-20)27(21)15-17-6-3-2-4-7-17/h2-4,6-7,9-12,20H,5,8,13-16H2,1H3,(H,24,28)/t20-/m1/s1. The summed E-state index contributed by atoms with van der Waals surface area (Å²) in [6, 6.07) is 17.2. The summed E-state index contributed by atoms with van der Waals surface area (Å²) in [6.07, 6.45) is 2.47. The number of hydrogen-bond donors (Lipinski definition) is 1. The van der Waals surface area contributed by atoms with Crippen LogP contribution >= 0.6 is 11.8 Å². The number of ether oxygens (including phenoxy) is 2. The largest absolute Gasteiger partial charge is 0.497 e. The van der Waals surface area contributed by atoms with Gasteiger partial charge in [0, 0.05) is 17.9 Å². The summed E-state index contributed by atoms with van der Waals surface area (Å²) in [4.78, 5) is 12.6. The number of rotatable bonds is 9. The van der Waals surface area contributed by atoms with Crippen molar-refractivity contribution in [1.29, 1.82) is 0 Å². The molecule has 8 heteroatoms. The summed E-state index contributed by atoms with van der Waals surface area (Å²) in [6.45, 7) is 1.78. The van der Waals surface area contributed by atoms with E-state index >= 15 is 0 Å². The van der Waals surface area contributed by atoms with Crippen LogP contribution in [0.25, 0.3) is 0 Å². The number of benzene rings is 2. The first-order chi connectivity index (χ1) is 15.2. The molecule has 0 spiro atoms. The lowest BCUT2D eigenvalue weighted by Crippen LogP contribution is -2.25. The number of nitrogens with zero attached hydrogens (tertiary/aromatic N) is 3. The molecule has 1 aliphatic rings. The van der Waals surface area contributed by atoms with Crippen LogP contribution < -0.4 is 10.1 Å². The number of aromatic nitrogens is 3. The van der Waals surface area contributed by atoms with Crippen molar-refractivity contribution in [1.82, 2.24) is 20.1 Å². The molecule has 162 valence electrons. The van der Waals surface area contributed by atoms with Crippen LogP contribution in [0.3, 0.4) is 0 Å². The topological polar surface area (TPSA) is 78.3 Å². The smallest absolute Gasteiger partial charge is 0.251 e. The van der Waals surface area contributed by atoms with E-state index in [1.54, 1.807) is 43.1 Å². The third-order valence-corrected chi connectivity index (χ3v) is 6.26. The molecular formula is C23H26N4O3S. The van der Waals surface area contributed by atoms with Gasteiger partial charge >= 0.3 is 0 Å². The second kappa shape index (κ2) is 10.5. The minimum absolute atomic E-state index is 0.162. The second-order valence-electron chi connectivity index (χ2n) is 7.33. The highest BCUT2D eigenvalue weighted by Crippen LogP contribution is 2.24. The van der Waals surface area contributed by atoms with Crippen LogP contribution in [0.2, 0.25) is 0 Å². The highest BCUT2D eigenvalue weighted by atomic mass is 32.2. The molecule has 0 unspecified atom stereocenters. The molecule has 3 aromatic rings. The summed E-state index contributed by atoms with van der Waals surface area (Å²) in [5, 5.41) is 12.6. The van der Waals surface area contributed by atoms with Crippen molar-refractivity contribution in [3.63, 3.8) is 0 Å². The third-order valence-electron chi connectivity index (χ3n) is 5.16. The van der Waals surface area contributed by atoms with Crippen LogP contribution in [-0.4, -0.2) is 46.2 Å². The molecule has 2 aromatic carbocycles. The van der Waals surface area contributed by atoms with Crippen LogP contribution in [0, 0.1) is 0 Å². The molecule has 4 rings (SSSR count). The Balaban J connectivity index is 1.46. The first-order valence-electron chi connectivity index (χ1n) is 10.4. The van der Waals surface area contributed by atoms with E-state index in [2.05, 4.69) is 32.2 Å². The average molecular weight is 439 g/mol.